The molecule has 3 heterocycles. The fourth-order valence-corrected chi connectivity index (χ4v) is 5.59. The normalized spacial score (nSPS) is 15.3. The number of H-pyrrole nitrogens is 1. The van der Waals surface area contributed by atoms with Gasteiger partial charge in [-0.05, 0) is 43.2 Å². The number of aromatic nitrogens is 2. The van der Waals surface area contributed by atoms with Crippen LogP contribution < -0.4 is 0 Å². The average Bonchev–Trinajstić information content (AvgIpc) is 3.46. The van der Waals surface area contributed by atoms with E-state index in [1.54, 1.807) is 41.3 Å². The highest BCUT2D eigenvalue weighted by Crippen LogP contribution is 2.29. The van der Waals surface area contributed by atoms with Gasteiger partial charge in [0.15, 0.2) is 15.6 Å². The highest BCUT2D eigenvalue weighted by atomic mass is 32.2. The summed E-state index contributed by atoms with van der Waals surface area (Å²) >= 11 is 0. The van der Waals surface area contributed by atoms with Crippen molar-refractivity contribution >= 4 is 26.8 Å². The van der Waals surface area contributed by atoms with E-state index in [9.17, 15) is 13.2 Å². The summed E-state index contributed by atoms with van der Waals surface area (Å²) in [5.74, 6) is 0.763. The van der Waals surface area contributed by atoms with Crippen LogP contribution in [0.15, 0.2) is 76.2 Å². The predicted molar refractivity (Wildman–Crippen MR) is 120 cm³/mol. The Morgan fingerprint density at radius 2 is 1.75 bits per heavy atom. The minimum absolute atomic E-state index is 0.103. The van der Waals surface area contributed by atoms with E-state index in [2.05, 4.69) is 4.98 Å². The number of aromatic amines is 1. The van der Waals surface area contributed by atoms with E-state index in [1.807, 2.05) is 24.3 Å². The number of likely N-dealkylation sites (tertiary alicyclic amines) is 1. The van der Waals surface area contributed by atoms with Crippen LogP contribution in [0.3, 0.4) is 0 Å². The predicted octanol–water partition coefficient (Wildman–Crippen LogP) is 4.15. The molecular weight excluding hydrogens is 426 g/mol. The lowest BCUT2D eigenvalue weighted by Crippen LogP contribution is -2.38. The number of amides is 1. The number of rotatable bonds is 5. The molecule has 0 bridgehead atoms. The quantitative estimate of drug-likeness (QED) is 0.494. The van der Waals surface area contributed by atoms with Crippen molar-refractivity contribution in [2.45, 2.75) is 29.4 Å². The Kier molecular flexibility index (Phi) is 5.30. The van der Waals surface area contributed by atoms with E-state index in [0.717, 1.165) is 29.7 Å². The molecule has 0 spiro atoms. The van der Waals surface area contributed by atoms with Gasteiger partial charge in [0, 0.05) is 24.6 Å². The second kappa shape index (κ2) is 8.27. The zero-order chi connectivity index (χ0) is 22.1. The van der Waals surface area contributed by atoms with Gasteiger partial charge in [0.05, 0.1) is 27.9 Å². The van der Waals surface area contributed by atoms with Gasteiger partial charge in [0.1, 0.15) is 5.82 Å². The molecule has 0 radical (unpaired) electrons. The van der Waals surface area contributed by atoms with Crippen LogP contribution >= 0.6 is 0 Å². The molecule has 1 amide bonds. The first-order chi connectivity index (χ1) is 15.5. The van der Waals surface area contributed by atoms with E-state index in [1.165, 1.54) is 6.26 Å². The zero-order valence-electron chi connectivity index (χ0n) is 17.4. The molecule has 2 aromatic heterocycles. The van der Waals surface area contributed by atoms with E-state index in [4.69, 9.17) is 9.40 Å². The third-order valence-electron chi connectivity index (χ3n) is 5.97. The molecule has 0 atom stereocenters. The second-order valence-corrected chi connectivity index (χ2v) is 10.0. The van der Waals surface area contributed by atoms with Crippen LogP contribution in [-0.4, -0.2) is 42.3 Å². The van der Waals surface area contributed by atoms with E-state index >= 15 is 0 Å². The molecule has 0 unspecified atom stereocenters. The smallest absolute Gasteiger partial charge is 0.289 e. The number of nitrogens with one attached hydrogen (secondary N) is 1. The number of nitrogens with zero attached hydrogens (tertiary/aromatic N) is 2. The van der Waals surface area contributed by atoms with Crippen LogP contribution in [-0.2, 0) is 15.6 Å². The fourth-order valence-electron chi connectivity index (χ4n) is 4.22. The number of para-hydroxylation sites is 2. The van der Waals surface area contributed by atoms with Gasteiger partial charge in [-0.2, -0.15) is 0 Å². The van der Waals surface area contributed by atoms with Gasteiger partial charge in [0.25, 0.3) is 5.91 Å². The third kappa shape index (κ3) is 3.93. The number of carbonyl (C=O) groups excluding carboxylic acids is 1. The first kappa shape index (κ1) is 20.5. The van der Waals surface area contributed by atoms with Gasteiger partial charge < -0.3 is 14.3 Å². The van der Waals surface area contributed by atoms with Crippen molar-refractivity contribution in [3.63, 3.8) is 0 Å². The number of hydrogen-bond donors (Lipinski definition) is 1. The van der Waals surface area contributed by atoms with Crippen LogP contribution in [0.2, 0.25) is 0 Å². The summed E-state index contributed by atoms with van der Waals surface area (Å²) in [7, 11) is -3.57. The standard InChI is InChI=1S/C24H23N3O4S/c28-24(22-18(12-15-31-22)16-32(29,30)19-6-2-1-3-7-19)27-13-10-17(11-14-27)23-25-20-8-4-5-9-21(20)26-23/h1-9,12,15,17H,10-11,13-14,16H2,(H,25,26). The van der Waals surface area contributed by atoms with Crippen LogP contribution in [0, 0.1) is 0 Å². The molecule has 164 valence electrons. The van der Waals surface area contributed by atoms with Gasteiger partial charge in [-0.25, -0.2) is 13.4 Å². The van der Waals surface area contributed by atoms with Gasteiger partial charge in [-0.3, -0.25) is 4.79 Å². The lowest BCUT2D eigenvalue weighted by atomic mass is 9.96. The third-order valence-corrected chi connectivity index (χ3v) is 7.65. The van der Waals surface area contributed by atoms with Crippen LogP contribution in [0.1, 0.15) is 40.7 Å². The van der Waals surface area contributed by atoms with Crippen molar-refractivity contribution in [2.75, 3.05) is 13.1 Å². The fraction of sp³-hybridized carbons (Fsp3) is 0.250. The van der Waals surface area contributed by atoms with Crippen molar-refractivity contribution in [1.82, 2.24) is 14.9 Å². The molecule has 1 aliphatic heterocycles. The summed E-state index contributed by atoms with van der Waals surface area (Å²) in [6, 6.07) is 17.7. The highest BCUT2D eigenvalue weighted by Gasteiger charge is 2.30. The molecule has 0 aliphatic carbocycles. The molecule has 5 rings (SSSR count). The number of hydrogen-bond acceptors (Lipinski definition) is 5. The molecule has 1 N–H and O–H groups in total. The van der Waals surface area contributed by atoms with Gasteiger partial charge in [0.2, 0.25) is 0 Å². The Bertz CT molecular complexity index is 1320. The summed E-state index contributed by atoms with van der Waals surface area (Å²) in [5.41, 5.74) is 2.35. The Morgan fingerprint density at radius 1 is 1.03 bits per heavy atom. The van der Waals surface area contributed by atoms with E-state index in [-0.39, 0.29) is 28.2 Å². The molecule has 7 nitrogen and oxygen atoms in total. The van der Waals surface area contributed by atoms with E-state index in [0.29, 0.717) is 18.7 Å². The number of imidazole rings is 1. The summed E-state index contributed by atoms with van der Waals surface area (Å²) in [6.07, 6.45) is 2.94. The van der Waals surface area contributed by atoms with Gasteiger partial charge >= 0.3 is 0 Å². The Hall–Kier alpha value is -3.39. The molecule has 4 aromatic rings. The molecule has 1 fully saturated rings. The maximum atomic E-state index is 13.1. The molecule has 1 saturated heterocycles. The Morgan fingerprint density at radius 3 is 2.50 bits per heavy atom. The molecule has 0 saturated carbocycles. The van der Waals surface area contributed by atoms with Crippen molar-refractivity contribution in [3.8, 4) is 0 Å². The van der Waals surface area contributed by atoms with Crippen molar-refractivity contribution in [1.29, 1.82) is 0 Å². The topological polar surface area (TPSA) is 96.3 Å². The van der Waals surface area contributed by atoms with Gasteiger partial charge in [-0.1, -0.05) is 30.3 Å². The zero-order valence-corrected chi connectivity index (χ0v) is 18.2. The van der Waals surface area contributed by atoms with Crippen molar-refractivity contribution in [2.24, 2.45) is 0 Å². The minimum atomic E-state index is -3.57. The number of fused-ring (bicyclic) bond motifs is 1. The SMILES string of the molecule is O=C(c1occc1CS(=O)(=O)c1ccccc1)N1CCC(c2nc3ccccc3[nH]2)CC1. The highest BCUT2D eigenvalue weighted by molar-refractivity contribution is 7.90. The van der Waals surface area contributed by atoms with Gasteiger partial charge in [-0.15, -0.1) is 0 Å². The summed E-state index contributed by atoms with van der Waals surface area (Å²) < 4.78 is 30.9. The first-order valence-electron chi connectivity index (χ1n) is 10.6. The lowest BCUT2D eigenvalue weighted by Gasteiger charge is -2.30. The molecule has 2 aromatic carbocycles. The Labute approximate surface area is 186 Å². The largest absolute Gasteiger partial charge is 0.459 e. The number of carbonyl (C=O) groups is 1. The van der Waals surface area contributed by atoms with Crippen molar-refractivity contribution < 1.29 is 17.6 Å². The first-order valence-corrected chi connectivity index (χ1v) is 12.2. The van der Waals surface area contributed by atoms with Crippen molar-refractivity contribution in [3.05, 3.63) is 84.1 Å². The molecule has 8 heteroatoms. The number of piperidine rings is 1. The molecule has 1 aliphatic rings. The maximum absolute atomic E-state index is 13.1. The second-order valence-electron chi connectivity index (χ2n) is 8.05. The summed E-state index contributed by atoms with van der Waals surface area (Å²) in [5, 5.41) is 0. The molecular formula is C24H23N3O4S. The van der Waals surface area contributed by atoms with Crippen LogP contribution in [0.4, 0.5) is 0 Å². The van der Waals surface area contributed by atoms with Crippen LogP contribution in [0.25, 0.3) is 11.0 Å². The summed E-state index contributed by atoms with van der Waals surface area (Å²) in [6.45, 7) is 1.12. The lowest BCUT2D eigenvalue weighted by molar-refractivity contribution is 0.0678. The van der Waals surface area contributed by atoms with Crippen LogP contribution in [0.5, 0.6) is 0 Å². The maximum Gasteiger partial charge on any atom is 0.289 e. The monoisotopic (exact) mass is 449 g/mol. The minimum Gasteiger partial charge on any atom is -0.459 e. The average molecular weight is 450 g/mol. The molecule has 32 heavy (non-hydrogen) atoms. The number of furan rings is 1. The van der Waals surface area contributed by atoms with E-state index < -0.39 is 9.84 Å². The Balaban J connectivity index is 1.28. The number of sulfone groups is 1. The number of benzene rings is 2. The summed E-state index contributed by atoms with van der Waals surface area (Å²) in [4.78, 5) is 23.1.